The number of amides is 2. The average molecular weight is 304 g/mol. The van der Waals surface area contributed by atoms with Gasteiger partial charge in [0.2, 0.25) is 11.8 Å². The Balaban J connectivity index is 2.02. The molecule has 1 aliphatic rings. The smallest absolute Gasteiger partial charge is 0.239 e. The van der Waals surface area contributed by atoms with Crippen LogP contribution in [0.3, 0.4) is 0 Å². The van der Waals surface area contributed by atoms with Crippen molar-refractivity contribution < 1.29 is 14.3 Å². The van der Waals surface area contributed by atoms with Crippen molar-refractivity contribution >= 4 is 11.8 Å². The summed E-state index contributed by atoms with van der Waals surface area (Å²) in [5.41, 5.74) is 5.97. The number of benzene rings is 1. The van der Waals surface area contributed by atoms with Crippen molar-refractivity contribution in [3.8, 4) is 5.75 Å². The second-order valence-corrected chi connectivity index (χ2v) is 6.10. The molecule has 0 radical (unpaired) electrons. The van der Waals surface area contributed by atoms with Crippen LogP contribution in [0.25, 0.3) is 0 Å². The van der Waals surface area contributed by atoms with Gasteiger partial charge >= 0.3 is 0 Å². The number of nitrogens with zero attached hydrogens (tertiary/aromatic N) is 1. The zero-order valence-electron chi connectivity index (χ0n) is 13.2. The Morgan fingerprint density at radius 1 is 1.23 bits per heavy atom. The summed E-state index contributed by atoms with van der Waals surface area (Å²) in [5, 5.41) is 0. The summed E-state index contributed by atoms with van der Waals surface area (Å²) in [4.78, 5) is 25.0. The third-order valence-corrected chi connectivity index (χ3v) is 4.15. The minimum Gasteiger partial charge on any atom is -0.493 e. The summed E-state index contributed by atoms with van der Waals surface area (Å²) in [5.74, 6) is -0.492. The Morgan fingerprint density at radius 3 is 2.32 bits per heavy atom. The molecule has 1 aromatic rings. The maximum Gasteiger partial charge on any atom is 0.239 e. The monoisotopic (exact) mass is 304 g/mol. The zero-order valence-corrected chi connectivity index (χ0v) is 13.2. The average Bonchev–Trinajstić information content (AvgIpc) is 2.99. The van der Waals surface area contributed by atoms with Gasteiger partial charge in [-0.25, -0.2) is 0 Å². The second-order valence-electron chi connectivity index (χ2n) is 6.10. The van der Waals surface area contributed by atoms with Gasteiger partial charge in [-0.1, -0.05) is 25.0 Å². The molecular formula is C17H24N2O3. The second kappa shape index (κ2) is 7.29. The third kappa shape index (κ3) is 4.00. The van der Waals surface area contributed by atoms with Crippen LogP contribution in [-0.4, -0.2) is 37.4 Å². The number of hydrogen-bond acceptors (Lipinski definition) is 3. The van der Waals surface area contributed by atoms with Crippen molar-refractivity contribution in [1.82, 2.24) is 4.90 Å². The maximum atomic E-state index is 12.1. The van der Waals surface area contributed by atoms with Gasteiger partial charge in [0.1, 0.15) is 11.7 Å². The Hall–Kier alpha value is -2.04. The van der Waals surface area contributed by atoms with Crippen LogP contribution in [0, 0.1) is 5.92 Å². The van der Waals surface area contributed by atoms with Crippen LogP contribution in [-0.2, 0) is 9.59 Å². The SMILES string of the molecule is CN(C)C(=O)C(C(N)=O)c1ccc(OCC2CCCC2)cc1. The van der Waals surface area contributed by atoms with Gasteiger partial charge in [-0.2, -0.15) is 0 Å². The first-order valence-electron chi connectivity index (χ1n) is 7.72. The van der Waals surface area contributed by atoms with E-state index in [1.807, 2.05) is 0 Å². The molecule has 1 saturated carbocycles. The van der Waals surface area contributed by atoms with Crippen molar-refractivity contribution in [3.63, 3.8) is 0 Å². The first-order valence-corrected chi connectivity index (χ1v) is 7.72. The first kappa shape index (κ1) is 16.3. The van der Waals surface area contributed by atoms with Crippen LogP contribution in [0.4, 0.5) is 0 Å². The molecule has 5 heteroatoms. The number of nitrogens with two attached hydrogens (primary N) is 1. The maximum absolute atomic E-state index is 12.1. The van der Waals surface area contributed by atoms with E-state index in [1.165, 1.54) is 30.6 Å². The largest absolute Gasteiger partial charge is 0.493 e. The molecule has 2 N–H and O–H groups in total. The summed E-state index contributed by atoms with van der Waals surface area (Å²) in [6.07, 6.45) is 5.05. The van der Waals surface area contributed by atoms with Gasteiger partial charge in [0.15, 0.2) is 0 Å². The lowest BCUT2D eigenvalue weighted by atomic mass is 9.97. The van der Waals surface area contributed by atoms with Gasteiger partial charge in [0.05, 0.1) is 6.61 Å². The van der Waals surface area contributed by atoms with Crippen LogP contribution in [0.5, 0.6) is 5.75 Å². The molecule has 0 bridgehead atoms. The molecule has 22 heavy (non-hydrogen) atoms. The normalized spacial score (nSPS) is 16.3. The van der Waals surface area contributed by atoms with Gasteiger partial charge in [0.25, 0.3) is 0 Å². The van der Waals surface area contributed by atoms with Crippen LogP contribution in [0.15, 0.2) is 24.3 Å². The predicted molar refractivity (Wildman–Crippen MR) is 84.5 cm³/mol. The van der Waals surface area contributed by atoms with Gasteiger partial charge in [0, 0.05) is 14.1 Å². The standard InChI is InChI=1S/C17H24N2O3/c1-19(2)17(21)15(16(18)20)13-7-9-14(10-8-13)22-11-12-5-3-4-6-12/h7-10,12,15H,3-6,11H2,1-2H3,(H2,18,20). The molecule has 1 aromatic carbocycles. The Labute approximate surface area is 131 Å². The lowest BCUT2D eigenvalue weighted by Gasteiger charge is -2.18. The van der Waals surface area contributed by atoms with Crippen molar-refractivity contribution in [3.05, 3.63) is 29.8 Å². The van der Waals surface area contributed by atoms with E-state index in [0.29, 0.717) is 11.5 Å². The van der Waals surface area contributed by atoms with E-state index in [2.05, 4.69) is 0 Å². The number of ether oxygens (including phenoxy) is 1. The zero-order chi connectivity index (χ0) is 16.1. The van der Waals surface area contributed by atoms with Crippen LogP contribution < -0.4 is 10.5 Å². The fraction of sp³-hybridized carbons (Fsp3) is 0.529. The molecule has 0 aromatic heterocycles. The molecular weight excluding hydrogens is 280 g/mol. The number of hydrogen-bond donors (Lipinski definition) is 1. The van der Waals surface area contributed by atoms with E-state index in [-0.39, 0.29) is 5.91 Å². The van der Waals surface area contributed by atoms with Crippen LogP contribution in [0.2, 0.25) is 0 Å². The number of likely N-dealkylation sites (N-methyl/N-ethyl adjacent to an activating group) is 1. The fourth-order valence-corrected chi connectivity index (χ4v) is 2.83. The molecule has 1 atom stereocenters. The van der Waals surface area contributed by atoms with Crippen molar-refractivity contribution in [2.24, 2.45) is 11.7 Å². The number of carbonyl (C=O) groups is 2. The summed E-state index contributed by atoms with van der Waals surface area (Å²) in [6.45, 7) is 0.731. The first-order chi connectivity index (χ1) is 10.5. The predicted octanol–water partition coefficient (Wildman–Crippen LogP) is 1.91. The Morgan fingerprint density at radius 2 is 1.82 bits per heavy atom. The van der Waals surface area contributed by atoms with Gasteiger partial charge in [-0.15, -0.1) is 0 Å². The third-order valence-electron chi connectivity index (χ3n) is 4.15. The van der Waals surface area contributed by atoms with E-state index in [0.717, 1.165) is 12.4 Å². The molecule has 1 unspecified atom stereocenters. The van der Waals surface area contributed by atoms with Gasteiger partial charge < -0.3 is 15.4 Å². The lowest BCUT2D eigenvalue weighted by Crippen LogP contribution is -2.36. The Kier molecular flexibility index (Phi) is 5.41. The van der Waals surface area contributed by atoms with E-state index < -0.39 is 11.8 Å². The van der Waals surface area contributed by atoms with Crippen LogP contribution in [0.1, 0.15) is 37.2 Å². The molecule has 1 aliphatic carbocycles. The van der Waals surface area contributed by atoms with Crippen molar-refractivity contribution in [2.45, 2.75) is 31.6 Å². The van der Waals surface area contributed by atoms with Gasteiger partial charge in [-0.3, -0.25) is 9.59 Å². The lowest BCUT2D eigenvalue weighted by molar-refractivity contribution is -0.135. The molecule has 2 rings (SSSR count). The molecule has 0 spiro atoms. The quantitative estimate of drug-likeness (QED) is 0.816. The number of primary amides is 1. The molecule has 1 fully saturated rings. The number of carbonyl (C=O) groups excluding carboxylic acids is 2. The highest BCUT2D eigenvalue weighted by atomic mass is 16.5. The summed E-state index contributed by atoms with van der Waals surface area (Å²) >= 11 is 0. The molecule has 0 saturated heterocycles. The van der Waals surface area contributed by atoms with Gasteiger partial charge in [-0.05, 0) is 36.5 Å². The molecule has 0 heterocycles. The van der Waals surface area contributed by atoms with E-state index >= 15 is 0 Å². The highest BCUT2D eigenvalue weighted by Crippen LogP contribution is 2.26. The minimum atomic E-state index is -0.945. The van der Waals surface area contributed by atoms with Crippen molar-refractivity contribution in [2.75, 3.05) is 20.7 Å². The van der Waals surface area contributed by atoms with Crippen LogP contribution >= 0.6 is 0 Å². The fourth-order valence-electron chi connectivity index (χ4n) is 2.83. The van der Waals surface area contributed by atoms with Crippen molar-refractivity contribution in [1.29, 1.82) is 0 Å². The molecule has 2 amide bonds. The Bertz CT molecular complexity index is 519. The highest BCUT2D eigenvalue weighted by Gasteiger charge is 2.27. The number of rotatable bonds is 6. The molecule has 0 aliphatic heterocycles. The van der Waals surface area contributed by atoms with E-state index in [9.17, 15) is 9.59 Å². The molecule has 120 valence electrons. The molecule has 5 nitrogen and oxygen atoms in total. The highest BCUT2D eigenvalue weighted by molar-refractivity contribution is 6.04. The summed E-state index contributed by atoms with van der Waals surface area (Å²) in [7, 11) is 3.22. The van der Waals surface area contributed by atoms with E-state index in [4.69, 9.17) is 10.5 Å². The van der Waals surface area contributed by atoms with E-state index in [1.54, 1.807) is 38.4 Å². The minimum absolute atomic E-state index is 0.313. The summed E-state index contributed by atoms with van der Waals surface area (Å²) in [6, 6.07) is 7.06. The summed E-state index contributed by atoms with van der Waals surface area (Å²) < 4.78 is 5.78. The topological polar surface area (TPSA) is 72.6 Å².